The number of aryl methyl sites for hydroxylation is 2. The summed E-state index contributed by atoms with van der Waals surface area (Å²) in [6, 6.07) is 39.8. The van der Waals surface area contributed by atoms with Crippen molar-refractivity contribution in [1.82, 2.24) is 4.57 Å². The fourth-order valence-electron chi connectivity index (χ4n) is 11.2. The van der Waals surface area contributed by atoms with Crippen molar-refractivity contribution in [3.8, 4) is 16.8 Å². The van der Waals surface area contributed by atoms with Gasteiger partial charge in [0, 0.05) is 53.3 Å². The Morgan fingerprint density at radius 1 is 0.737 bits per heavy atom. The molecule has 0 fully saturated rings. The molecule has 57 heavy (non-hydrogen) atoms. The highest BCUT2D eigenvalue weighted by molar-refractivity contribution is 7.26. The number of benzene rings is 6. The zero-order valence-electron chi connectivity index (χ0n) is 33.8. The second-order valence-corrected chi connectivity index (χ2v) is 19.6. The summed E-state index contributed by atoms with van der Waals surface area (Å²) in [5.74, 6) is 0. The van der Waals surface area contributed by atoms with Gasteiger partial charge in [0.15, 0.2) is 0 Å². The van der Waals surface area contributed by atoms with Crippen molar-refractivity contribution in [2.75, 3.05) is 4.81 Å². The first kappa shape index (κ1) is 33.8. The Morgan fingerprint density at radius 2 is 1.47 bits per heavy atom. The van der Waals surface area contributed by atoms with E-state index in [9.17, 15) is 0 Å². The van der Waals surface area contributed by atoms with Crippen molar-refractivity contribution in [3.05, 3.63) is 125 Å². The van der Waals surface area contributed by atoms with Crippen LogP contribution in [0.3, 0.4) is 0 Å². The zero-order valence-corrected chi connectivity index (χ0v) is 34.7. The van der Waals surface area contributed by atoms with Crippen LogP contribution in [-0.2, 0) is 17.3 Å². The van der Waals surface area contributed by atoms with Gasteiger partial charge < -0.3 is 13.8 Å². The molecule has 6 aromatic carbocycles. The Balaban J connectivity index is 1.24. The molecule has 0 saturated heterocycles. The summed E-state index contributed by atoms with van der Waals surface area (Å²) in [5.41, 5.74) is 18.1. The van der Waals surface area contributed by atoms with E-state index in [2.05, 4.69) is 154 Å². The van der Waals surface area contributed by atoms with Gasteiger partial charge in [0.25, 0.3) is 0 Å². The summed E-state index contributed by atoms with van der Waals surface area (Å²) in [4.78, 5) is 2.64. The molecular weight excluding hydrogens is 711 g/mol. The van der Waals surface area contributed by atoms with Crippen LogP contribution in [0.25, 0.3) is 69.8 Å². The monoisotopic (exact) mass is 758 g/mol. The van der Waals surface area contributed by atoms with Gasteiger partial charge in [-0.25, -0.2) is 0 Å². The molecule has 0 bridgehead atoms. The first-order valence-electron chi connectivity index (χ1n) is 21.2. The predicted octanol–water partition coefficient (Wildman–Crippen LogP) is 13.5. The Bertz CT molecular complexity index is 3170. The number of rotatable bonds is 5. The number of aromatic nitrogens is 1. The van der Waals surface area contributed by atoms with Crippen LogP contribution in [0.2, 0.25) is 0 Å². The van der Waals surface area contributed by atoms with Crippen LogP contribution in [0.5, 0.6) is 0 Å². The minimum absolute atomic E-state index is 0.0797. The van der Waals surface area contributed by atoms with Crippen molar-refractivity contribution in [2.45, 2.75) is 90.9 Å². The average Bonchev–Trinajstić information content (AvgIpc) is 3.89. The zero-order chi connectivity index (χ0) is 38.5. The predicted molar refractivity (Wildman–Crippen MR) is 246 cm³/mol. The first-order chi connectivity index (χ1) is 27.6. The van der Waals surface area contributed by atoms with Crippen LogP contribution in [-0.4, -0.2) is 11.4 Å². The summed E-state index contributed by atoms with van der Waals surface area (Å²) >= 11 is 1.91. The van der Waals surface area contributed by atoms with Crippen LogP contribution in [0.1, 0.15) is 89.0 Å². The van der Waals surface area contributed by atoms with Crippen molar-refractivity contribution < 1.29 is 4.42 Å². The van der Waals surface area contributed by atoms with Gasteiger partial charge in [0.1, 0.15) is 11.2 Å². The first-order valence-corrected chi connectivity index (χ1v) is 22.0. The van der Waals surface area contributed by atoms with Gasteiger partial charge in [-0.1, -0.05) is 102 Å². The van der Waals surface area contributed by atoms with Crippen molar-refractivity contribution in [3.63, 3.8) is 0 Å². The summed E-state index contributed by atoms with van der Waals surface area (Å²) < 4.78 is 12.8. The second kappa shape index (κ2) is 11.7. The minimum atomic E-state index is -0.152. The van der Waals surface area contributed by atoms with Crippen molar-refractivity contribution in [1.29, 1.82) is 0 Å². The molecule has 280 valence electrons. The number of fused-ring (bicyclic) bond motifs is 15. The third-order valence-corrected chi connectivity index (χ3v) is 15.3. The summed E-state index contributed by atoms with van der Waals surface area (Å²) in [7, 11) is 0. The lowest BCUT2D eigenvalue weighted by Gasteiger charge is -2.41. The quantitative estimate of drug-likeness (QED) is 0.129. The number of unbranched alkanes of at least 4 members (excludes halogenated alkanes) is 2. The topological polar surface area (TPSA) is 21.3 Å². The molecule has 0 amide bonds. The normalized spacial score (nSPS) is 16.2. The smallest absolute Gasteiger partial charge is 0.375 e. The van der Waals surface area contributed by atoms with E-state index in [1.54, 1.807) is 0 Å². The highest BCUT2D eigenvalue weighted by atomic mass is 32.1. The second-order valence-electron chi connectivity index (χ2n) is 18.5. The molecule has 12 rings (SSSR count). The number of furan rings is 1. The van der Waals surface area contributed by atoms with Crippen molar-refractivity contribution in [2.24, 2.45) is 0 Å². The molecule has 0 radical (unpaired) electrons. The van der Waals surface area contributed by atoms with Crippen molar-refractivity contribution >= 4 is 93.6 Å². The molecular formula is C52H47BN2OS. The van der Waals surface area contributed by atoms with E-state index in [4.69, 9.17) is 4.42 Å². The summed E-state index contributed by atoms with van der Waals surface area (Å²) in [6.45, 7) is 14.2. The lowest BCUT2D eigenvalue weighted by molar-refractivity contribution is 0.332. The molecule has 3 aromatic heterocycles. The molecule has 2 aliphatic heterocycles. The number of hydrogen-bond acceptors (Lipinski definition) is 3. The SMILES string of the molecule is CCCCCc1ccc(N2B3c4oc5cc6c(cc5c4-n4c5ccccc5c5c(C)cc(c3c54)-c3c2ccc2sc4ccccc4c32)C(C)(C)CCC6(C)C)cc1. The molecule has 5 heteroatoms. The Kier molecular flexibility index (Phi) is 6.93. The number of nitrogens with zero attached hydrogens (tertiary/aromatic N) is 2. The minimum Gasteiger partial charge on any atom is -0.466 e. The fraction of sp³-hybridized carbons (Fsp3) is 0.269. The molecule has 5 heterocycles. The van der Waals surface area contributed by atoms with Crippen LogP contribution in [0.15, 0.2) is 108 Å². The highest BCUT2D eigenvalue weighted by Gasteiger charge is 2.48. The highest BCUT2D eigenvalue weighted by Crippen LogP contribution is 2.53. The van der Waals surface area contributed by atoms with Gasteiger partial charge >= 0.3 is 6.85 Å². The Morgan fingerprint density at radius 3 is 2.26 bits per heavy atom. The maximum atomic E-state index is 7.49. The Labute approximate surface area is 339 Å². The number of hydrogen-bond donors (Lipinski definition) is 0. The summed E-state index contributed by atoms with van der Waals surface area (Å²) in [6.07, 6.45) is 7.18. The molecule has 9 aromatic rings. The average molecular weight is 759 g/mol. The third-order valence-electron chi connectivity index (χ3n) is 14.2. The van der Waals surface area contributed by atoms with Gasteiger partial charge in [-0.2, -0.15) is 0 Å². The lowest BCUT2D eigenvalue weighted by atomic mass is 9.46. The third kappa shape index (κ3) is 4.50. The molecule has 0 atom stereocenters. The molecule has 3 nitrogen and oxygen atoms in total. The van der Waals surface area contributed by atoms with Crippen LogP contribution >= 0.6 is 11.3 Å². The molecule has 3 aliphatic rings. The largest absolute Gasteiger partial charge is 0.466 e. The van der Waals surface area contributed by atoms with Gasteiger partial charge in [0.2, 0.25) is 0 Å². The summed E-state index contributed by atoms with van der Waals surface area (Å²) in [5, 5.41) is 6.58. The molecule has 0 N–H and O–H groups in total. The van der Waals surface area contributed by atoms with E-state index in [0.29, 0.717) is 0 Å². The molecule has 0 spiro atoms. The molecule has 1 aliphatic carbocycles. The van der Waals surface area contributed by atoms with E-state index in [-0.39, 0.29) is 17.7 Å². The van der Waals surface area contributed by atoms with Gasteiger partial charge in [-0.3, -0.25) is 0 Å². The van der Waals surface area contributed by atoms with Gasteiger partial charge in [-0.15, -0.1) is 11.3 Å². The number of thiophene rings is 1. The van der Waals surface area contributed by atoms with Crippen LogP contribution in [0, 0.1) is 6.92 Å². The van der Waals surface area contributed by atoms with Crippen LogP contribution < -0.4 is 15.9 Å². The van der Waals surface area contributed by atoms with Crippen LogP contribution in [0.4, 0.5) is 11.4 Å². The van der Waals surface area contributed by atoms with Gasteiger partial charge in [0.05, 0.1) is 16.7 Å². The van der Waals surface area contributed by atoms with E-state index in [0.717, 1.165) is 17.7 Å². The lowest BCUT2D eigenvalue weighted by Crippen LogP contribution is -2.60. The van der Waals surface area contributed by atoms with E-state index in [1.807, 2.05) is 11.3 Å². The molecule has 0 saturated carbocycles. The molecule has 0 unspecified atom stereocenters. The Hall–Kier alpha value is -5.26. The van der Waals surface area contributed by atoms with E-state index >= 15 is 0 Å². The van der Waals surface area contributed by atoms with Gasteiger partial charge in [-0.05, 0) is 125 Å². The fourth-order valence-corrected chi connectivity index (χ4v) is 12.3. The van der Waals surface area contributed by atoms with E-state index in [1.165, 1.54) is 135 Å². The maximum absolute atomic E-state index is 7.49. The maximum Gasteiger partial charge on any atom is 0.375 e. The standard InChI is InChI=1S/C52H47BN2OS/c1-7-8-9-14-31-19-21-32(22-20-31)55-40-23-24-43-46(34-16-11-13-18-42(34)57-43)45(40)36-27-30(2)44-33-15-10-12-17-39(33)54-48-35-28-37-38(52(5,6)26-25-51(37,3)4)29-41(35)56-50(48)53(55)47(36)49(44)54/h10-13,15-24,27-29H,7-9,14,25-26H2,1-6H3. The number of anilines is 2. The number of para-hydroxylation sites is 1. The van der Waals surface area contributed by atoms with E-state index < -0.39 is 0 Å².